The van der Waals surface area contributed by atoms with Gasteiger partial charge >= 0.3 is 38.2 Å². The number of hydrogen-bond donors (Lipinski definition) is 5. The van der Waals surface area contributed by atoms with E-state index in [1.165, 1.54) is 0 Å². The van der Waals surface area contributed by atoms with Crippen LogP contribution in [-0.4, -0.2) is 24.5 Å². The SMILES string of the molecule is OP(O)O.[Na+].[O-]P(O)O. The third-order valence-electron chi connectivity index (χ3n) is 0. The summed E-state index contributed by atoms with van der Waals surface area (Å²) in [5.74, 6) is 0. The third kappa shape index (κ3) is 213. The van der Waals surface area contributed by atoms with Crippen LogP contribution in [0.5, 0.6) is 0 Å². The molecule has 9 heavy (non-hydrogen) atoms. The molecule has 0 aromatic rings. The van der Waals surface area contributed by atoms with E-state index in [0.29, 0.717) is 0 Å². The van der Waals surface area contributed by atoms with Gasteiger partial charge in [-0.25, -0.2) is 0 Å². The van der Waals surface area contributed by atoms with Crippen molar-refractivity contribution in [1.29, 1.82) is 0 Å². The molecule has 0 saturated heterocycles. The van der Waals surface area contributed by atoms with Crippen LogP contribution in [0, 0.1) is 0 Å². The molecule has 0 bridgehead atoms. The predicted molar refractivity (Wildman–Crippen MR) is 24.9 cm³/mol. The minimum absolute atomic E-state index is 0. The summed E-state index contributed by atoms with van der Waals surface area (Å²) in [6.45, 7) is 0. The van der Waals surface area contributed by atoms with Crippen LogP contribution < -0.4 is 34.5 Å². The topological polar surface area (TPSA) is 124 Å². The van der Waals surface area contributed by atoms with Crippen molar-refractivity contribution in [2.45, 2.75) is 0 Å². The molecule has 0 radical (unpaired) electrons. The van der Waals surface area contributed by atoms with E-state index in [1.54, 1.807) is 0 Å². The molecule has 0 aromatic heterocycles. The molecule has 6 nitrogen and oxygen atoms in total. The van der Waals surface area contributed by atoms with E-state index in [1.807, 2.05) is 0 Å². The van der Waals surface area contributed by atoms with Gasteiger partial charge in [0.15, 0.2) is 0 Å². The van der Waals surface area contributed by atoms with Gasteiger partial charge in [0.1, 0.15) is 0 Å². The van der Waals surface area contributed by atoms with E-state index >= 15 is 0 Å². The molecule has 0 fully saturated rings. The Morgan fingerprint density at radius 1 is 0.889 bits per heavy atom. The van der Waals surface area contributed by atoms with Crippen molar-refractivity contribution in [3.63, 3.8) is 0 Å². The van der Waals surface area contributed by atoms with Gasteiger partial charge < -0.3 is 29.4 Å². The molecule has 52 valence electrons. The van der Waals surface area contributed by atoms with Gasteiger partial charge in [0, 0.05) is 0 Å². The first-order chi connectivity index (χ1) is 3.46. The summed E-state index contributed by atoms with van der Waals surface area (Å²) < 4.78 is 0. The van der Waals surface area contributed by atoms with Crippen LogP contribution in [0.15, 0.2) is 0 Å². The van der Waals surface area contributed by atoms with Gasteiger partial charge in [0.2, 0.25) is 0 Å². The van der Waals surface area contributed by atoms with Crippen molar-refractivity contribution in [3.8, 4) is 0 Å². The van der Waals surface area contributed by atoms with Crippen molar-refractivity contribution >= 4 is 17.2 Å². The van der Waals surface area contributed by atoms with Crippen LogP contribution in [0.25, 0.3) is 0 Å². The Morgan fingerprint density at radius 3 is 0.889 bits per heavy atom. The fourth-order valence-electron chi connectivity index (χ4n) is 0. The van der Waals surface area contributed by atoms with E-state index in [9.17, 15) is 0 Å². The fraction of sp³-hybridized carbons (Fsp3) is 0. The second-order valence-electron chi connectivity index (χ2n) is 0.521. The maximum Gasteiger partial charge on any atom is 1.00 e. The summed E-state index contributed by atoms with van der Waals surface area (Å²) in [6, 6.07) is 0. The molecule has 0 spiro atoms. The van der Waals surface area contributed by atoms with Gasteiger partial charge in [-0.1, -0.05) is 0 Å². The second kappa shape index (κ2) is 12.3. The van der Waals surface area contributed by atoms with E-state index in [4.69, 9.17) is 29.4 Å². The molecule has 0 aliphatic heterocycles. The first-order valence-corrected chi connectivity index (χ1v) is 3.55. The van der Waals surface area contributed by atoms with Crippen molar-refractivity contribution in [3.05, 3.63) is 0 Å². The molecule has 0 amide bonds. The summed E-state index contributed by atoms with van der Waals surface area (Å²) in [5.41, 5.74) is 0. The fourth-order valence-corrected chi connectivity index (χ4v) is 0. The van der Waals surface area contributed by atoms with Crippen molar-refractivity contribution in [1.82, 2.24) is 0 Å². The average molecular weight is 186 g/mol. The van der Waals surface area contributed by atoms with Crippen LogP contribution in [-0.2, 0) is 0 Å². The Balaban J connectivity index is -0.0000000720. The third-order valence-corrected chi connectivity index (χ3v) is 0. The molecule has 0 aromatic carbocycles. The Labute approximate surface area is 76.1 Å². The maximum atomic E-state index is 8.70. The van der Waals surface area contributed by atoms with Crippen LogP contribution in [0.3, 0.4) is 0 Å². The quantitative estimate of drug-likeness (QED) is 0.190. The summed E-state index contributed by atoms with van der Waals surface area (Å²) in [6.07, 6.45) is 0. The number of rotatable bonds is 0. The van der Waals surface area contributed by atoms with E-state index < -0.39 is 17.2 Å². The summed E-state index contributed by atoms with van der Waals surface area (Å²) in [4.78, 5) is 44.6. The molecule has 0 aliphatic rings. The van der Waals surface area contributed by atoms with E-state index in [2.05, 4.69) is 0 Å². The van der Waals surface area contributed by atoms with Gasteiger partial charge in [-0.2, -0.15) is 0 Å². The molecule has 0 heterocycles. The largest absolute Gasteiger partial charge is 1.00 e. The Bertz CT molecular complexity index is 26.5. The molecule has 0 atom stereocenters. The standard InChI is InChI=1S/Na.H3O3P.H2O3P/c;2*1-4(2)3/h;1-3H;1-2H/q+1;;-1. The smallest absolute Gasteiger partial charge is 0.786 e. The first-order valence-electron chi connectivity index (χ1n) is 1.18. The minimum Gasteiger partial charge on any atom is -0.786 e. The van der Waals surface area contributed by atoms with Crippen LogP contribution in [0.2, 0.25) is 0 Å². The van der Waals surface area contributed by atoms with Crippen LogP contribution in [0.4, 0.5) is 0 Å². The zero-order chi connectivity index (χ0) is 7.15. The molecular formula is H5NaO6P2. The molecule has 5 N–H and O–H groups in total. The van der Waals surface area contributed by atoms with E-state index in [-0.39, 0.29) is 29.6 Å². The maximum absolute atomic E-state index is 8.70. The second-order valence-corrected chi connectivity index (χ2v) is 1.56. The Morgan fingerprint density at radius 2 is 0.889 bits per heavy atom. The zero-order valence-electron chi connectivity index (χ0n) is 4.54. The van der Waals surface area contributed by atoms with Gasteiger partial charge in [0.25, 0.3) is 0 Å². The van der Waals surface area contributed by atoms with Gasteiger partial charge in [-0.05, 0) is 0 Å². The van der Waals surface area contributed by atoms with Crippen molar-refractivity contribution < 1.29 is 58.9 Å². The molecule has 0 unspecified atom stereocenters. The zero-order valence-corrected chi connectivity index (χ0v) is 8.33. The summed E-state index contributed by atoms with van der Waals surface area (Å²) in [7, 11) is -5.49. The van der Waals surface area contributed by atoms with Gasteiger partial charge in [-0.15, -0.1) is 0 Å². The number of hydrogen-bond acceptors (Lipinski definition) is 6. The molecule has 0 rings (SSSR count). The van der Waals surface area contributed by atoms with Crippen molar-refractivity contribution in [2.75, 3.05) is 0 Å². The molecule has 0 saturated carbocycles. The summed E-state index contributed by atoms with van der Waals surface area (Å²) >= 11 is 0. The minimum atomic E-state index is -2.87. The van der Waals surface area contributed by atoms with Crippen LogP contribution >= 0.6 is 17.2 Å². The van der Waals surface area contributed by atoms with Gasteiger partial charge in [-0.3, -0.25) is 0 Å². The molecular weight excluding hydrogens is 181 g/mol. The van der Waals surface area contributed by atoms with Crippen LogP contribution in [0.1, 0.15) is 0 Å². The van der Waals surface area contributed by atoms with Gasteiger partial charge in [0.05, 0.1) is 8.60 Å². The predicted octanol–water partition coefficient (Wildman–Crippen LogP) is -5.25. The normalized spacial score (nSPS) is 8.00. The first kappa shape index (κ1) is 16.9. The Hall–Kier alpha value is 1.62. The average Bonchev–Trinajstić information content (AvgIpc) is 1.25. The van der Waals surface area contributed by atoms with E-state index in [0.717, 1.165) is 0 Å². The summed E-state index contributed by atoms with van der Waals surface area (Å²) in [5, 5.41) is 0. The molecule has 0 aliphatic carbocycles. The van der Waals surface area contributed by atoms with Crippen molar-refractivity contribution in [2.24, 2.45) is 0 Å². The monoisotopic (exact) mass is 186 g/mol. The molecule has 9 heteroatoms. The Kier molecular flexibility index (Phi) is 23.2.